The van der Waals surface area contributed by atoms with E-state index in [1.54, 1.807) is 0 Å². The second-order valence-electron chi connectivity index (χ2n) is 12.5. The van der Waals surface area contributed by atoms with Crippen molar-refractivity contribution >= 4 is 0 Å². The first-order chi connectivity index (χ1) is 21.8. The van der Waals surface area contributed by atoms with Crippen molar-refractivity contribution in [2.45, 2.75) is 102 Å². The van der Waals surface area contributed by atoms with Crippen LogP contribution in [0.2, 0.25) is 0 Å². The number of halogens is 2. The number of hydrogen-bond acceptors (Lipinski definition) is 4. The molecule has 0 heterocycles. The van der Waals surface area contributed by atoms with Gasteiger partial charge in [0.1, 0.15) is 0 Å². The Kier molecular flexibility index (Phi) is 21.4. The van der Waals surface area contributed by atoms with Crippen LogP contribution in [0.25, 0.3) is 0 Å². The molecule has 0 radical (unpaired) electrons. The molecule has 6 rings (SSSR count). The molecule has 2 aliphatic carbocycles. The summed E-state index contributed by atoms with van der Waals surface area (Å²) in [6, 6.07) is 45.1. The molecule has 0 aliphatic heterocycles. The fourth-order valence-electron chi connectivity index (χ4n) is 6.62. The summed E-state index contributed by atoms with van der Waals surface area (Å²) in [6.45, 7) is 3.87. The summed E-state index contributed by atoms with van der Waals surface area (Å²) in [6.07, 6.45) is 10.5. The first-order valence-electron chi connectivity index (χ1n) is 16.9. The van der Waals surface area contributed by atoms with Crippen molar-refractivity contribution in [3.05, 3.63) is 144 Å². The van der Waals surface area contributed by atoms with E-state index in [1.807, 2.05) is 0 Å². The van der Waals surface area contributed by atoms with Gasteiger partial charge in [0.15, 0.2) is 0 Å². The Balaban J connectivity index is 0.000000307. The molecule has 0 aromatic heterocycles. The van der Waals surface area contributed by atoms with Crippen LogP contribution in [0.3, 0.4) is 0 Å². The maximum absolute atomic E-state index is 3.76. The van der Waals surface area contributed by atoms with Crippen LogP contribution in [-0.2, 0) is 42.7 Å². The van der Waals surface area contributed by atoms with E-state index in [0.717, 1.165) is 26.2 Å². The van der Waals surface area contributed by atoms with Crippen molar-refractivity contribution < 1.29 is 50.5 Å². The van der Waals surface area contributed by atoms with E-state index in [9.17, 15) is 0 Å². The average Bonchev–Trinajstić information content (AvgIpc) is 3.11. The fraction of sp³-hybridized carbons (Fsp3) is 0.400. The van der Waals surface area contributed by atoms with Crippen LogP contribution in [0.4, 0.5) is 0 Å². The van der Waals surface area contributed by atoms with Gasteiger partial charge in [-0.15, -0.1) is 0 Å². The molecule has 4 aromatic carbocycles. The fourth-order valence-corrected chi connectivity index (χ4v) is 6.62. The molecule has 0 bridgehead atoms. The minimum Gasteiger partial charge on any atom is -1.00 e. The molecule has 4 N–H and O–H groups in total. The van der Waals surface area contributed by atoms with Gasteiger partial charge in [0.05, 0.1) is 0 Å². The first-order valence-corrected chi connectivity index (χ1v) is 16.9. The molecule has 0 saturated heterocycles. The smallest absolute Gasteiger partial charge is 1.00 e. The summed E-state index contributed by atoms with van der Waals surface area (Å²) in [5.74, 6) is 0. The van der Waals surface area contributed by atoms with Crippen LogP contribution >= 0.6 is 0 Å². The monoisotopic (exact) mass is 804 g/mol. The van der Waals surface area contributed by atoms with Gasteiger partial charge in [0.2, 0.25) is 0 Å². The first kappa shape index (κ1) is 41.3. The molecule has 0 amide bonds. The van der Waals surface area contributed by atoms with E-state index in [2.05, 4.69) is 143 Å². The van der Waals surface area contributed by atoms with Crippen LogP contribution in [0, 0.1) is 0 Å². The summed E-state index contributed by atoms with van der Waals surface area (Å²) in [4.78, 5) is 0. The van der Waals surface area contributed by atoms with E-state index >= 15 is 0 Å². The van der Waals surface area contributed by atoms with E-state index in [4.69, 9.17) is 0 Å². The third-order valence-electron chi connectivity index (χ3n) is 9.18. The van der Waals surface area contributed by atoms with Gasteiger partial charge in [-0.3, -0.25) is 0 Å². The minimum absolute atomic E-state index is 0. The topological polar surface area (TPSA) is 48.1 Å². The molecule has 4 unspecified atom stereocenters. The van der Waals surface area contributed by atoms with Crippen LogP contribution in [0.1, 0.15) is 73.6 Å². The molecule has 2 aliphatic rings. The summed E-state index contributed by atoms with van der Waals surface area (Å²) in [5, 5.41) is 15.0. The molecule has 4 aromatic rings. The third-order valence-corrected chi connectivity index (χ3v) is 9.18. The molecule has 256 valence electrons. The van der Waals surface area contributed by atoms with Gasteiger partial charge in [-0.25, -0.2) is 0 Å². The van der Waals surface area contributed by atoms with Crippen LogP contribution in [0.5, 0.6) is 0 Å². The molecule has 4 nitrogen and oxygen atoms in total. The van der Waals surface area contributed by atoms with Crippen molar-refractivity contribution in [1.82, 2.24) is 21.3 Å². The summed E-state index contributed by atoms with van der Waals surface area (Å²) in [7, 11) is 0. The number of benzene rings is 4. The molecular formula is C40H52Br2N4Ni. The Hall–Kier alpha value is -1.83. The van der Waals surface area contributed by atoms with Gasteiger partial charge in [0.25, 0.3) is 0 Å². The molecule has 47 heavy (non-hydrogen) atoms. The predicted octanol–water partition coefficient (Wildman–Crippen LogP) is 1.76. The molecule has 2 fully saturated rings. The van der Waals surface area contributed by atoms with E-state index in [1.165, 1.54) is 73.6 Å². The second kappa shape index (κ2) is 24.3. The van der Waals surface area contributed by atoms with Gasteiger partial charge in [0, 0.05) is 50.3 Å². The zero-order valence-electron chi connectivity index (χ0n) is 27.4. The standard InChI is InChI=1S/2C20H26N2.2BrH.Ni/c2*1-3-9-17(10-4-1)15-21-19-13-7-8-14-20(19)22-16-18-11-5-2-6-12-18;;;/h2*1-6,9-12,19-22H,7-8,13-16H2;2*1H;/q;;;;+2/p-2. The maximum atomic E-state index is 3.76. The van der Waals surface area contributed by atoms with E-state index < -0.39 is 0 Å². The summed E-state index contributed by atoms with van der Waals surface area (Å²) >= 11 is 0. The molecule has 2 saturated carbocycles. The summed E-state index contributed by atoms with van der Waals surface area (Å²) < 4.78 is 0. The van der Waals surface area contributed by atoms with Crippen molar-refractivity contribution in [1.29, 1.82) is 0 Å². The Labute approximate surface area is 315 Å². The van der Waals surface area contributed by atoms with Crippen LogP contribution in [0.15, 0.2) is 121 Å². The number of rotatable bonds is 12. The third kappa shape index (κ3) is 15.1. The van der Waals surface area contributed by atoms with Crippen LogP contribution in [-0.4, -0.2) is 24.2 Å². The molecule has 7 heteroatoms. The van der Waals surface area contributed by atoms with Crippen molar-refractivity contribution in [2.75, 3.05) is 0 Å². The molecular weight excluding hydrogens is 755 g/mol. The van der Waals surface area contributed by atoms with Gasteiger partial charge < -0.3 is 55.2 Å². The van der Waals surface area contributed by atoms with Gasteiger partial charge >= 0.3 is 16.5 Å². The van der Waals surface area contributed by atoms with Crippen molar-refractivity contribution in [2.24, 2.45) is 0 Å². The Morgan fingerprint density at radius 2 is 0.532 bits per heavy atom. The largest absolute Gasteiger partial charge is 2.00 e. The number of hydrogen-bond donors (Lipinski definition) is 4. The van der Waals surface area contributed by atoms with Crippen molar-refractivity contribution in [3.63, 3.8) is 0 Å². The average molecular weight is 807 g/mol. The zero-order chi connectivity index (χ0) is 30.1. The molecule has 0 spiro atoms. The Morgan fingerprint density at radius 3 is 0.723 bits per heavy atom. The predicted molar refractivity (Wildman–Crippen MR) is 185 cm³/mol. The Bertz CT molecular complexity index is 1100. The maximum Gasteiger partial charge on any atom is 2.00 e. The number of nitrogens with one attached hydrogen (secondary N) is 4. The van der Waals surface area contributed by atoms with Crippen molar-refractivity contribution in [3.8, 4) is 0 Å². The quantitative estimate of drug-likeness (QED) is 0.165. The second-order valence-corrected chi connectivity index (χ2v) is 12.5. The molecule has 4 atom stereocenters. The summed E-state index contributed by atoms with van der Waals surface area (Å²) in [5.41, 5.74) is 5.48. The SMILES string of the molecule is [Br-].[Br-].[Ni+2].c1ccc(CNC2CCCCC2NCc2ccccc2)cc1.c1ccc(CNC2CCCCC2NCc2ccccc2)cc1. The Morgan fingerprint density at radius 1 is 0.340 bits per heavy atom. The minimum atomic E-state index is 0. The van der Waals surface area contributed by atoms with Gasteiger partial charge in [-0.05, 0) is 47.9 Å². The van der Waals surface area contributed by atoms with Gasteiger partial charge in [-0.1, -0.05) is 147 Å². The van der Waals surface area contributed by atoms with Gasteiger partial charge in [-0.2, -0.15) is 0 Å². The van der Waals surface area contributed by atoms with E-state index in [-0.39, 0.29) is 50.5 Å². The van der Waals surface area contributed by atoms with Crippen LogP contribution < -0.4 is 55.2 Å². The van der Waals surface area contributed by atoms with E-state index in [0.29, 0.717) is 24.2 Å². The normalized spacial score (nSPS) is 20.3. The zero-order valence-corrected chi connectivity index (χ0v) is 31.6.